The summed E-state index contributed by atoms with van der Waals surface area (Å²) in [5.74, 6) is 0.630. The minimum absolute atomic E-state index is 0.00155. The lowest BCUT2D eigenvalue weighted by Crippen LogP contribution is -2.50. The molecule has 196 valence electrons. The van der Waals surface area contributed by atoms with Crippen LogP contribution in [0.3, 0.4) is 0 Å². The average Bonchev–Trinajstić information content (AvgIpc) is 3.60. The van der Waals surface area contributed by atoms with Crippen molar-refractivity contribution in [2.45, 2.75) is 69.9 Å². The Kier molecular flexibility index (Phi) is 8.75. The number of likely N-dealkylation sites (N-methyl/N-ethyl adjacent to an activating group) is 1. The van der Waals surface area contributed by atoms with E-state index in [1.54, 1.807) is 29.5 Å². The van der Waals surface area contributed by atoms with E-state index in [0.717, 1.165) is 48.7 Å². The van der Waals surface area contributed by atoms with E-state index in [9.17, 15) is 20.1 Å². The first-order valence-corrected chi connectivity index (χ1v) is 14.0. The molecule has 2 aliphatic carbocycles. The highest BCUT2D eigenvalue weighted by Crippen LogP contribution is 2.41. The molecule has 2 aliphatic rings. The standard InChI is InChI=1S/C29H40N2O4S/c1-20-3-7-25(36-20)8-10-28(34)31(2)24-12-15-29(35,14-11-21-6-9-26(32)27(33)17-21)23(18-24)13-16-30-19-22-4-5-22/h3,6-10,17,22-24,30,32-33,35H,4-5,11-16,18-19H2,1-2H3/b10-8+. The molecule has 0 spiro atoms. The number of aliphatic hydroxyl groups is 1. The van der Waals surface area contributed by atoms with Crippen LogP contribution >= 0.6 is 11.3 Å². The van der Waals surface area contributed by atoms with Crippen LogP contribution in [0.5, 0.6) is 11.5 Å². The molecule has 6 nitrogen and oxygen atoms in total. The molecule has 0 aliphatic heterocycles. The van der Waals surface area contributed by atoms with Crippen LogP contribution in [0.25, 0.3) is 6.08 Å². The van der Waals surface area contributed by atoms with Crippen LogP contribution in [0.1, 0.15) is 60.3 Å². The Bertz CT molecular complexity index is 1060. The molecule has 7 heteroatoms. The van der Waals surface area contributed by atoms with Crippen molar-refractivity contribution in [3.8, 4) is 11.5 Å². The molecule has 0 saturated heterocycles. The third kappa shape index (κ3) is 7.11. The number of benzene rings is 1. The SMILES string of the molecule is Cc1ccc(/C=C/C(=O)N(C)C2CCC(O)(CCc3ccc(O)c(O)c3)C(CCNCC3CC3)C2)s1. The number of thiophene rings is 1. The van der Waals surface area contributed by atoms with E-state index in [0.29, 0.717) is 19.3 Å². The highest BCUT2D eigenvalue weighted by Gasteiger charge is 2.42. The molecule has 2 fully saturated rings. The Balaban J connectivity index is 1.39. The van der Waals surface area contributed by atoms with Crippen LogP contribution in [0.4, 0.5) is 0 Å². The lowest BCUT2D eigenvalue weighted by molar-refractivity contribution is -0.131. The lowest BCUT2D eigenvalue weighted by Gasteiger charge is -2.45. The number of hydrogen-bond donors (Lipinski definition) is 4. The van der Waals surface area contributed by atoms with Crippen LogP contribution in [-0.2, 0) is 11.2 Å². The first-order chi connectivity index (χ1) is 17.2. The van der Waals surface area contributed by atoms with Gasteiger partial charge < -0.3 is 25.5 Å². The molecule has 1 aromatic carbocycles. The number of phenols is 2. The van der Waals surface area contributed by atoms with Crippen molar-refractivity contribution in [3.05, 3.63) is 51.7 Å². The number of rotatable bonds is 11. The molecular weight excluding hydrogens is 472 g/mol. The van der Waals surface area contributed by atoms with Crippen molar-refractivity contribution in [1.29, 1.82) is 0 Å². The number of aryl methyl sites for hydroxylation is 2. The van der Waals surface area contributed by atoms with E-state index in [1.165, 1.54) is 23.8 Å². The summed E-state index contributed by atoms with van der Waals surface area (Å²) in [5, 5.41) is 34.8. The number of nitrogens with zero attached hydrogens (tertiary/aromatic N) is 1. The highest BCUT2D eigenvalue weighted by molar-refractivity contribution is 7.12. The zero-order valence-electron chi connectivity index (χ0n) is 21.4. The second-order valence-corrected chi connectivity index (χ2v) is 12.0. The van der Waals surface area contributed by atoms with Crippen LogP contribution in [0, 0.1) is 18.8 Å². The molecule has 2 aromatic rings. The van der Waals surface area contributed by atoms with Gasteiger partial charge in [0.25, 0.3) is 0 Å². The Morgan fingerprint density at radius 2 is 2.00 bits per heavy atom. The van der Waals surface area contributed by atoms with E-state index < -0.39 is 5.60 Å². The zero-order chi connectivity index (χ0) is 25.7. The summed E-state index contributed by atoms with van der Waals surface area (Å²) in [7, 11) is 1.88. The average molecular weight is 513 g/mol. The topological polar surface area (TPSA) is 93.0 Å². The van der Waals surface area contributed by atoms with Gasteiger partial charge in [0.05, 0.1) is 5.60 Å². The molecule has 36 heavy (non-hydrogen) atoms. The van der Waals surface area contributed by atoms with Gasteiger partial charge in [-0.05, 0) is 119 Å². The van der Waals surface area contributed by atoms with Crippen molar-refractivity contribution in [3.63, 3.8) is 0 Å². The van der Waals surface area contributed by atoms with Crippen LogP contribution in [-0.4, -0.2) is 57.9 Å². The zero-order valence-corrected chi connectivity index (χ0v) is 22.3. The normalized spacial score (nSPS) is 24.3. The van der Waals surface area contributed by atoms with Gasteiger partial charge in [0.15, 0.2) is 11.5 Å². The van der Waals surface area contributed by atoms with Crippen molar-refractivity contribution in [1.82, 2.24) is 10.2 Å². The summed E-state index contributed by atoms with van der Waals surface area (Å²) >= 11 is 1.67. The molecule has 2 saturated carbocycles. The molecule has 3 atom stereocenters. The molecule has 3 unspecified atom stereocenters. The van der Waals surface area contributed by atoms with Gasteiger partial charge in [0, 0.05) is 28.9 Å². The lowest BCUT2D eigenvalue weighted by atomic mass is 9.69. The van der Waals surface area contributed by atoms with Crippen molar-refractivity contribution < 1.29 is 20.1 Å². The van der Waals surface area contributed by atoms with Gasteiger partial charge in [-0.3, -0.25) is 4.79 Å². The molecule has 0 radical (unpaired) electrons. The van der Waals surface area contributed by atoms with Gasteiger partial charge in [-0.15, -0.1) is 11.3 Å². The van der Waals surface area contributed by atoms with Crippen LogP contribution in [0.15, 0.2) is 36.4 Å². The molecule has 1 heterocycles. The Morgan fingerprint density at radius 3 is 2.69 bits per heavy atom. The van der Waals surface area contributed by atoms with E-state index >= 15 is 0 Å². The van der Waals surface area contributed by atoms with Gasteiger partial charge in [-0.2, -0.15) is 0 Å². The van der Waals surface area contributed by atoms with E-state index in [-0.39, 0.29) is 29.4 Å². The predicted molar refractivity (Wildman–Crippen MR) is 145 cm³/mol. The summed E-state index contributed by atoms with van der Waals surface area (Å²) in [6.45, 7) is 3.97. The monoisotopic (exact) mass is 512 g/mol. The fraction of sp³-hybridized carbons (Fsp3) is 0.552. The fourth-order valence-electron chi connectivity index (χ4n) is 5.34. The number of carbonyl (C=O) groups excluding carboxylic acids is 1. The van der Waals surface area contributed by atoms with Crippen molar-refractivity contribution in [2.75, 3.05) is 20.1 Å². The van der Waals surface area contributed by atoms with E-state index in [1.807, 2.05) is 24.1 Å². The first-order valence-electron chi connectivity index (χ1n) is 13.2. The Hall–Kier alpha value is -2.35. The molecule has 4 rings (SSSR count). The molecule has 1 aromatic heterocycles. The van der Waals surface area contributed by atoms with Crippen LogP contribution in [0.2, 0.25) is 0 Å². The largest absolute Gasteiger partial charge is 0.504 e. The predicted octanol–water partition coefficient (Wildman–Crippen LogP) is 4.86. The smallest absolute Gasteiger partial charge is 0.246 e. The second kappa shape index (κ2) is 11.8. The number of carbonyl (C=O) groups is 1. The van der Waals surface area contributed by atoms with E-state index in [2.05, 4.69) is 18.3 Å². The summed E-state index contributed by atoms with van der Waals surface area (Å²) < 4.78 is 0. The van der Waals surface area contributed by atoms with Gasteiger partial charge in [-0.1, -0.05) is 6.07 Å². The minimum Gasteiger partial charge on any atom is -0.504 e. The highest BCUT2D eigenvalue weighted by atomic mass is 32.1. The molecule has 4 N–H and O–H groups in total. The maximum absolute atomic E-state index is 12.9. The van der Waals surface area contributed by atoms with Gasteiger partial charge in [0.1, 0.15) is 0 Å². The maximum atomic E-state index is 12.9. The van der Waals surface area contributed by atoms with Crippen molar-refractivity contribution in [2.24, 2.45) is 11.8 Å². The minimum atomic E-state index is -0.820. The number of aromatic hydroxyl groups is 2. The Labute approximate surface area is 218 Å². The summed E-state index contributed by atoms with van der Waals surface area (Å²) in [6, 6.07) is 9.05. The van der Waals surface area contributed by atoms with Gasteiger partial charge in [0.2, 0.25) is 5.91 Å². The number of phenolic OH excluding ortho intramolecular Hbond substituents is 2. The van der Waals surface area contributed by atoms with Gasteiger partial charge in [-0.25, -0.2) is 0 Å². The first kappa shape index (κ1) is 26.7. The summed E-state index contributed by atoms with van der Waals surface area (Å²) in [5.41, 5.74) is 0.0761. The molecular formula is C29H40N2O4S. The van der Waals surface area contributed by atoms with E-state index in [4.69, 9.17) is 0 Å². The quantitative estimate of drug-likeness (QED) is 0.196. The number of amides is 1. The Morgan fingerprint density at radius 1 is 1.19 bits per heavy atom. The molecule has 1 amide bonds. The van der Waals surface area contributed by atoms with Crippen molar-refractivity contribution >= 4 is 23.3 Å². The number of hydrogen-bond acceptors (Lipinski definition) is 6. The summed E-state index contributed by atoms with van der Waals surface area (Å²) in [6.07, 6.45) is 10.4. The third-order valence-electron chi connectivity index (χ3n) is 7.96. The third-order valence-corrected chi connectivity index (χ3v) is 8.93. The summed E-state index contributed by atoms with van der Waals surface area (Å²) in [4.78, 5) is 17.1. The van der Waals surface area contributed by atoms with Crippen LogP contribution < -0.4 is 5.32 Å². The van der Waals surface area contributed by atoms with Gasteiger partial charge >= 0.3 is 0 Å². The maximum Gasteiger partial charge on any atom is 0.246 e. The molecule has 0 bridgehead atoms. The second-order valence-electron chi connectivity index (χ2n) is 10.7. The number of nitrogens with one attached hydrogen (secondary N) is 1. The fourth-order valence-corrected chi connectivity index (χ4v) is 6.12.